The van der Waals surface area contributed by atoms with Crippen LogP contribution in [0.3, 0.4) is 0 Å². The Kier molecular flexibility index (Phi) is 3.17. The van der Waals surface area contributed by atoms with E-state index in [1.54, 1.807) is 0 Å². The van der Waals surface area contributed by atoms with E-state index in [9.17, 15) is 10.0 Å². The van der Waals surface area contributed by atoms with E-state index >= 15 is 0 Å². The maximum Gasteiger partial charge on any atom is 0.153 e. The second kappa shape index (κ2) is 3.85. The van der Waals surface area contributed by atoms with Gasteiger partial charge >= 0.3 is 0 Å². The van der Waals surface area contributed by atoms with Crippen LogP contribution in [0, 0.1) is 0 Å². The van der Waals surface area contributed by atoms with Crippen LogP contribution in [0.1, 0.15) is 10.4 Å². The average Bonchev–Trinajstić information content (AvgIpc) is 2.40. The van der Waals surface area contributed by atoms with Crippen molar-refractivity contribution < 1.29 is 10.0 Å². The molecular formula is C10H20N2O2Si2. The zero-order chi connectivity index (χ0) is 12.7. The molecule has 1 aromatic heterocycles. The first-order chi connectivity index (χ1) is 7.09. The van der Waals surface area contributed by atoms with Crippen molar-refractivity contribution in [2.75, 3.05) is 0 Å². The maximum absolute atomic E-state index is 11.2. The lowest BCUT2D eigenvalue weighted by Crippen LogP contribution is -2.47. The number of carbonyl (C=O) groups is 1. The van der Waals surface area contributed by atoms with Crippen molar-refractivity contribution in [2.45, 2.75) is 39.3 Å². The van der Waals surface area contributed by atoms with Crippen molar-refractivity contribution >= 4 is 33.1 Å². The van der Waals surface area contributed by atoms with Crippen LogP contribution in [0.15, 0.2) is 0 Å². The summed E-state index contributed by atoms with van der Waals surface area (Å²) in [6.45, 7) is 12.6. The van der Waals surface area contributed by atoms with Gasteiger partial charge in [0.15, 0.2) is 6.29 Å². The molecule has 6 heteroatoms. The summed E-state index contributed by atoms with van der Waals surface area (Å²) in [7, 11) is -3.45. The molecule has 0 aromatic carbocycles. The van der Waals surface area contributed by atoms with Crippen molar-refractivity contribution in [2.24, 2.45) is 0 Å². The lowest BCUT2D eigenvalue weighted by atomic mass is 10.4. The summed E-state index contributed by atoms with van der Waals surface area (Å²) in [6, 6.07) is 0. The Hall–Kier alpha value is -0.886. The normalized spacial score (nSPS) is 12.9. The summed E-state index contributed by atoms with van der Waals surface area (Å²) < 4.78 is 0. The van der Waals surface area contributed by atoms with Crippen LogP contribution in [0.2, 0.25) is 39.3 Å². The summed E-state index contributed by atoms with van der Waals surface area (Å²) in [6.07, 6.45) is 0.848. The minimum Gasteiger partial charge on any atom is -0.412 e. The SMILES string of the molecule is C[Si](C)(C)c1nn(O)c([Si](C)(C)C)c1C=O. The summed E-state index contributed by atoms with van der Waals surface area (Å²) in [5.41, 5.74) is 0.626. The molecule has 1 rings (SSSR count). The zero-order valence-corrected chi connectivity index (χ0v) is 12.8. The molecule has 0 saturated carbocycles. The summed E-state index contributed by atoms with van der Waals surface area (Å²) in [5, 5.41) is 15.5. The Labute approximate surface area is 98.3 Å². The number of carbonyl (C=O) groups excluding carboxylic acids is 1. The fourth-order valence-corrected chi connectivity index (χ4v) is 4.93. The van der Waals surface area contributed by atoms with E-state index in [0.717, 1.165) is 21.8 Å². The molecule has 0 saturated heterocycles. The Morgan fingerprint density at radius 3 is 1.94 bits per heavy atom. The molecule has 4 nitrogen and oxygen atoms in total. The monoisotopic (exact) mass is 256 g/mol. The molecule has 90 valence electrons. The molecule has 0 spiro atoms. The Morgan fingerprint density at radius 1 is 1.12 bits per heavy atom. The Morgan fingerprint density at radius 2 is 1.62 bits per heavy atom. The topological polar surface area (TPSA) is 55.1 Å². The van der Waals surface area contributed by atoms with Crippen molar-refractivity contribution in [3.63, 3.8) is 0 Å². The number of aldehydes is 1. The van der Waals surface area contributed by atoms with Crippen LogP contribution in [0.4, 0.5) is 0 Å². The Bertz CT molecular complexity index is 414. The number of aromatic nitrogens is 2. The fraction of sp³-hybridized carbons (Fsp3) is 0.600. The second-order valence-electron chi connectivity index (χ2n) is 6.12. The number of hydrogen-bond acceptors (Lipinski definition) is 3. The predicted octanol–water partition coefficient (Wildman–Crippen LogP) is 1.02. The van der Waals surface area contributed by atoms with E-state index in [4.69, 9.17) is 0 Å². The molecule has 0 aliphatic carbocycles. The third-order valence-electron chi connectivity index (χ3n) is 2.44. The van der Waals surface area contributed by atoms with Crippen molar-refractivity contribution in [1.29, 1.82) is 0 Å². The quantitative estimate of drug-likeness (QED) is 0.499. The number of hydrogen-bond donors (Lipinski definition) is 1. The second-order valence-corrected chi connectivity index (χ2v) is 16.1. The molecule has 0 radical (unpaired) electrons. The fourth-order valence-electron chi connectivity index (χ4n) is 1.79. The van der Waals surface area contributed by atoms with Gasteiger partial charge in [-0.05, 0) is 0 Å². The van der Waals surface area contributed by atoms with Gasteiger partial charge in [0, 0.05) is 0 Å². The molecule has 0 unspecified atom stereocenters. The highest BCUT2D eigenvalue weighted by molar-refractivity contribution is 6.92. The molecule has 0 amide bonds. The highest BCUT2D eigenvalue weighted by atomic mass is 28.3. The van der Waals surface area contributed by atoms with Gasteiger partial charge in [-0.1, -0.05) is 39.3 Å². The van der Waals surface area contributed by atoms with Gasteiger partial charge < -0.3 is 5.21 Å². The molecule has 0 aliphatic heterocycles. The minimum absolute atomic E-state index is 0.626. The van der Waals surface area contributed by atoms with Crippen LogP contribution < -0.4 is 10.6 Å². The first-order valence-electron chi connectivity index (χ1n) is 5.37. The van der Waals surface area contributed by atoms with Gasteiger partial charge in [-0.2, -0.15) is 0 Å². The molecule has 1 aromatic rings. The minimum atomic E-state index is -1.76. The Balaban J connectivity index is 3.54. The van der Waals surface area contributed by atoms with E-state index in [-0.39, 0.29) is 0 Å². The van der Waals surface area contributed by atoms with E-state index in [1.165, 1.54) is 0 Å². The third kappa shape index (κ3) is 2.27. The van der Waals surface area contributed by atoms with Crippen LogP contribution in [0.5, 0.6) is 0 Å². The van der Waals surface area contributed by atoms with Gasteiger partial charge in [-0.25, -0.2) is 0 Å². The van der Waals surface area contributed by atoms with Crippen LogP contribution in [-0.4, -0.2) is 37.6 Å². The van der Waals surface area contributed by atoms with Gasteiger partial charge in [0.25, 0.3) is 0 Å². The van der Waals surface area contributed by atoms with E-state index < -0.39 is 16.1 Å². The van der Waals surface area contributed by atoms with Crippen LogP contribution in [-0.2, 0) is 0 Å². The van der Waals surface area contributed by atoms with Crippen molar-refractivity contribution in [3.05, 3.63) is 5.56 Å². The highest BCUT2D eigenvalue weighted by Crippen LogP contribution is 2.08. The number of rotatable bonds is 3. The zero-order valence-electron chi connectivity index (χ0n) is 10.8. The average molecular weight is 256 g/mol. The molecule has 0 aliphatic rings. The van der Waals surface area contributed by atoms with Gasteiger partial charge in [-0.3, -0.25) is 4.79 Å². The van der Waals surface area contributed by atoms with Crippen molar-refractivity contribution in [1.82, 2.24) is 9.94 Å². The van der Waals surface area contributed by atoms with E-state index in [0.29, 0.717) is 5.56 Å². The van der Waals surface area contributed by atoms with Gasteiger partial charge in [0.2, 0.25) is 0 Å². The molecular weight excluding hydrogens is 236 g/mol. The first-order valence-corrected chi connectivity index (χ1v) is 12.4. The molecule has 1 heterocycles. The lowest BCUT2D eigenvalue weighted by Gasteiger charge is -2.17. The van der Waals surface area contributed by atoms with E-state index in [1.807, 2.05) is 0 Å². The van der Waals surface area contributed by atoms with Crippen molar-refractivity contribution in [3.8, 4) is 0 Å². The highest BCUT2D eigenvalue weighted by Gasteiger charge is 2.33. The molecule has 16 heavy (non-hydrogen) atoms. The molecule has 0 atom stereocenters. The summed E-state index contributed by atoms with van der Waals surface area (Å²) in [5.74, 6) is 0. The van der Waals surface area contributed by atoms with Gasteiger partial charge in [0.1, 0.15) is 16.1 Å². The largest absolute Gasteiger partial charge is 0.412 e. The smallest absolute Gasteiger partial charge is 0.153 e. The maximum atomic E-state index is 11.2. The van der Waals surface area contributed by atoms with E-state index in [2.05, 4.69) is 44.4 Å². The molecule has 1 N–H and O–H groups in total. The number of nitrogens with zero attached hydrogens (tertiary/aromatic N) is 2. The molecule has 0 bridgehead atoms. The van der Waals surface area contributed by atoms with Crippen LogP contribution >= 0.6 is 0 Å². The summed E-state index contributed by atoms with van der Waals surface area (Å²) >= 11 is 0. The summed E-state index contributed by atoms with van der Waals surface area (Å²) in [4.78, 5) is 12.2. The predicted molar refractivity (Wildman–Crippen MR) is 70.8 cm³/mol. The standard InChI is InChI=1S/C10H20N2O2Si2/c1-15(2,3)9-8(7-13)10(12(14)11-9)16(4,5)6/h7,14H,1-6H3. The molecule has 0 fully saturated rings. The first kappa shape index (κ1) is 13.2. The van der Waals surface area contributed by atoms with Gasteiger partial charge in [-0.15, -0.1) is 9.94 Å². The third-order valence-corrected chi connectivity index (χ3v) is 6.12. The van der Waals surface area contributed by atoms with Crippen LogP contribution in [0.25, 0.3) is 0 Å². The lowest BCUT2D eigenvalue weighted by molar-refractivity contribution is 0.112. The van der Waals surface area contributed by atoms with Gasteiger partial charge in [0.05, 0.1) is 16.2 Å².